The number of aromatic amines is 1. The number of hydrogen-bond acceptors (Lipinski definition) is 3. The number of carbonyl (C=O) groups is 1. The molecule has 4 rings (SSSR count). The molecular formula is C24H24N4O. The van der Waals surface area contributed by atoms with Crippen molar-refractivity contribution in [1.82, 2.24) is 15.3 Å². The summed E-state index contributed by atoms with van der Waals surface area (Å²) in [5.41, 5.74) is 5.30. The van der Waals surface area contributed by atoms with Crippen LogP contribution in [0, 0.1) is 6.92 Å². The standard InChI is InChI=1S/C24H24N4O/c1-17-6-2-3-7-19(17)15-28-24(29)18-10-12-25-23(14-18)26-13-11-20-16-27-22-9-5-4-8-21(20)22/h2-10,12,14,16,27H,11,13,15H2,1H3,(H,25,26)(H,28,29). The Morgan fingerprint density at radius 3 is 2.76 bits per heavy atom. The summed E-state index contributed by atoms with van der Waals surface area (Å²) in [5, 5.41) is 7.55. The van der Waals surface area contributed by atoms with E-state index >= 15 is 0 Å². The van der Waals surface area contributed by atoms with Crippen LogP contribution in [0.15, 0.2) is 73.1 Å². The third-order valence-electron chi connectivity index (χ3n) is 5.10. The van der Waals surface area contributed by atoms with Crippen LogP contribution < -0.4 is 10.6 Å². The van der Waals surface area contributed by atoms with E-state index in [4.69, 9.17) is 0 Å². The Labute approximate surface area is 170 Å². The minimum absolute atomic E-state index is 0.102. The summed E-state index contributed by atoms with van der Waals surface area (Å²) in [5.74, 6) is 0.601. The Morgan fingerprint density at radius 1 is 1.03 bits per heavy atom. The number of nitrogens with zero attached hydrogens (tertiary/aromatic N) is 1. The Hall–Kier alpha value is -3.60. The number of para-hydroxylation sites is 1. The summed E-state index contributed by atoms with van der Waals surface area (Å²) in [7, 11) is 0. The summed E-state index contributed by atoms with van der Waals surface area (Å²) in [6.07, 6.45) is 4.58. The van der Waals surface area contributed by atoms with Gasteiger partial charge in [-0.25, -0.2) is 4.98 Å². The minimum Gasteiger partial charge on any atom is -0.370 e. The lowest BCUT2D eigenvalue weighted by atomic mass is 10.1. The molecule has 0 spiro atoms. The van der Waals surface area contributed by atoms with E-state index in [1.807, 2.05) is 43.3 Å². The van der Waals surface area contributed by atoms with Gasteiger partial charge in [-0.2, -0.15) is 0 Å². The highest BCUT2D eigenvalue weighted by molar-refractivity contribution is 5.94. The van der Waals surface area contributed by atoms with Crippen LogP contribution in [0.2, 0.25) is 0 Å². The van der Waals surface area contributed by atoms with Crippen LogP contribution in [0.4, 0.5) is 5.82 Å². The number of H-pyrrole nitrogens is 1. The minimum atomic E-state index is -0.102. The number of carbonyl (C=O) groups excluding carboxylic acids is 1. The third-order valence-corrected chi connectivity index (χ3v) is 5.10. The number of benzene rings is 2. The number of aryl methyl sites for hydroxylation is 1. The Kier molecular flexibility index (Phi) is 5.56. The van der Waals surface area contributed by atoms with Gasteiger partial charge in [0, 0.05) is 41.9 Å². The van der Waals surface area contributed by atoms with Crippen molar-refractivity contribution < 1.29 is 4.79 Å². The molecule has 0 saturated heterocycles. The maximum atomic E-state index is 12.5. The van der Waals surface area contributed by atoms with Gasteiger partial charge in [0.15, 0.2) is 0 Å². The molecule has 1 amide bonds. The van der Waals surface area contributed by atoms with Gasteiger partial charge in [-0.3, -0.25) is 4.79 Å². The SMILES string of the molecule is Cc1ccccc1CNC(=O)c1ccnc(NCCc2c[nH]c3ccccc23)c1. The van der Waals surface area contributed by atoms with Crippen LogP contribution in [-0.4, -0.2) is 22.4 Å². The second-order valence-corrected chi connectivity index (χ2v) is 7.08. The van der Waals surface area contributed by atoms with Gasteiger partial charge in [0.1, 0.15) is 5.82 Å². The largest absolute Gasteiger partial charge is 0.370 e. The van der Waals surface area contributed by atoms with Gasteiger partial charge in [0.2, 0.25) is 0 Å². The molecule has 4 aromatic rings. The molecule has 0 aliphatic heterocycles. The molecule has 2 heterocycles. The second kappa shape index (κ2) is 8.61. The molecule has 5 heteroatoms. The lowest BCUT2D eigenvalue weighted by molar-refractivity contribution is 0.0951. The first-order valence-corrected chi connectivity index (χ1v) is 9.78. The zero-order valence-electron chi connectivity index (χ0n) is 16.4. The van der Waals surface area contributed by atoms with Gasteiger partial charge in [-0.15, -0.1) is 0 Å². The van der Waals surface area contributed by atoms with Crippen LogP contribution in [0.25, 0.3) is 10.9 Å². The van der Waals surface area contributed by atoms with E-state index in [1.54, 1.807) is 18.3 Å². The topological polar surface area (TPSA) is 69.8 Å². The van der Waals surface area contributed by atoms with Crippen LogP contribution in [-0.2, 0) is 13.0 Å². The van der Waals surface area contributed by atoms with Crippen molar-refractivity contribution in [3.63, 3.8) is 0 Å². The molecule has 0 aliphatic rings. The summed E-state index contributed by atoms with van der Waals surface area (Å²) < 4.78 is 0. The van der Waals surface area contributed by atoms with Crippen LogP contribution >= 0.6 is 0 Å². The summed E-state index contributed by atoms with van der Waals surface area (Å²) >= 11 is 0. The fourth-order valence-corrected chi connectivity index (χ4v) is 3.42. The Balaban J connectivity index is 1.34. The number of nitrogens with one attached hydrogen (secondary N) is 3. The summed E-state index contributed by atoms with van der Waals surface area (Å²) in [6.45, 7) is 3.30. The van der Waals surface area contributed by atoms with E-state index < -0.39 is 0 Å². The summed E-state index contributed by atoms with van der Waals surface area (Å²) in [4.78, 5) is 20.2. The molecule has 0 bridgehead atoms. The first kappa shape index (κ1) is 18.7. The van der Waals surface area contributed by atoms with Crippen molar-refractivity contribution in [1.29, 1.82) is 0 Å². The summed E-state index contributed by atoms with van der Waals surface area (Å²) in [6, 6.07) is 19.9. The second-order valence-electron chi connectivity index (χ2n) is 7.08. The lowest BCUT2D eigenvalue weighted by Crippen LogP contribution is -2.23. The molecule has 3 N–H and O–H groups in total. The molecule has 0 saturated carbocycles. The maximum Gasteiger partial charge on any atom is 0.251 e. The number of fused-ring (bicyclic) bond motifs is 1. The van der Waals surface area contributed by atoms with Gasteiger partial charge in [-0.1, -0.05) is 42.5 Å². The van der Waals surface area contributed by atoms with Crippen molar-refractivity contribution in [2.75, 3.05) is 11.9 Å². The quantitative estimate of drug-likeness (QED) is 0.441. The predicted molar refractivity (Wildman–Crippen MR) is 117 cm³/mol. The zero-order valence-corrected chi connectivity index (χ0v) is 16.4. The van der Waals surface area contributed by atoms with Gasteiger partial charge >= 0.3 is 0 Å². The highest BCUT2D eigenvalue weighted by Gasteiger charge is 2.08. The van der Waals surface area contributed by atoms with E-state index in [0.29, 0.717) is 17.9 Å². The molecule has 0 fully saturated rings. The Morgan fingerprint density at radius 2 is 1.86 bits per heavy atom. The third kappa shape index (κ3) is 4.46. The molecule has 29 heavy (non-hydrogen) atoms. The molecule has 5 nitrogen and oxygen atoms in total. The molecule has 0 radical (unpaired) electrons. The van der Waals surface area contributed by atoms with Gasteiger partial charge in [0.05, 0.1) is 0 Å². The van der Waals surface area contributed by atoms with E-state index in [0.717, 1.165) is 24.0 Å². The smallest absolute Gasteiger partial charge is 0.251 e. The number of rotatable bonds is 7. The van der Waals surface area contributed by atoms with Crippen molar-refractivity contribution in [3.05, 3.63) is 95.3 Å². The average molecular weight is 384 g/mol. The average Bonchev–Trinajstić information content (AvgIpc) is 3.16. The first-order chi connectivity index (χ1) is 14.2. The van der Waals surface area contributed by atoms with Crippen molar-refractivity contribution in [2.24, 2.45) is 0 Å². The number of hydrogen-bond donors (Lipinski definition) is 3. The molecule has 0 unspecified atom stereocenters. The number of anilines is 1. The maximum absolute atomic E-state index is 12.5. The van der Waals surface area contributed by atoms with E-state index in [1.165, 1.54) is 16.5 Å². The van der Waals surface area contributed by atoms with Gasteiger partial charge in [-0.05, 0) is 48.2 Å². The monoisotopic (exact) mass is 384 g/mol. The van der Waals surface area contributed by atoms with Crippen LogP contribution in [0.3, 0.4) is 0 Å². The zero-order chi connectivity index (χ0) is 20.1. The van der Waals surface area contributed by atoms with E-state index in [-0.39, 0.29) is 5.91 Å². The van der Waals surface area contributed by atoms with Crippen molar-refractivity contribution in [3.8, 4) is 0 Å². The fraction of sp³-hybridized carbons (Fsp3) is 0.167. The predicted octanol–water partition coefficient (Wildman–Crippen LogP) is 4.46. The molecule has 0 aliphatic carbocycles. The molecular weight excluding hydrogens is 360 g/mol. The normalized spacial score (nSPS) is 10.8. The van der Waals surface area contributed by atoms with E-state index in [2.05, 4.69) is 38.9 Å². The van der Waals surface area contributed by atoms with E-state index in [9.17, 15) is 4.79 Å². The van der Waals surface area contributed by atoms with Crippen molar-refractivity contribution >= 4 is 22.6 Å². The van der Waals surface area contributed by atoms with Gasteiger partial charge in [0.25, 0.3) is 5.91 Å². The molecule has 2 aromatic heterocycles. The Bertz CT molecular complexity index is 1130. The highest BCUT2D eigenvalue weighted by atomic mass is 16.1. The van der Waals surface area contributed by atoms with Crippen LogP contribution in [0.5, 0.6) is 0 Å². The highest BCUT2D eigenvalue weighted by Crippen LogP contribution is 2.18. The fourth-order valence-electron chi connectivity index (χ4n) is 3.42. The van der Waals surface area contributed by atoms with Gasteiger partial charge < -0.3 is 15.6 Å². The molecule has 0 atom stereocenters. The number of amides is 1. The first-order valence-electron chi connectivity index (χ1n) is 9.78. The lowest BCUT2D eigenvalue weighted by Gasteiger charge is -2.09. The number of pyridine rings is 1. The number of aromatic nitrogens is 2. The molecule has 2 aromatic carbocycles. The van der Waals surface area contributed by atoms with Crippen LogP contribution in [0.1, 0.15) is 27.0 Å². The molecule has 146 valence electrons. The van der Waals surface area contributed by atoms with Crippen molar-refractivity contribution in [2.45, 2.75) is 19.9 Å².